The molecule has 7 heteroatoms. The molecular weight excluding hydrogens is 185 g/mol. The van der Waals surface area contributed by atoms with E-state index in [1.807, 2.05) is 0 Å². The molecule has 12 heavy (non-hydrogen) atoms. The number of rotatable bonds is 0. The van der Waals surface area contributed by atoms with Crippen molar-refractivity contribution in [3.63, 3.8) is 0 Å². The number of imidazole rings is 1. The number of hydrogen-bond donors (Lipinski definition) is 3. The molecule has 0 unspecified atom stereocenters. The van der Waals surface area contributed by atoms with Crippen LogP contribution in [0, 0.1) is 0 Å². The van der Waals surface area contributed by atoms with Crippen molar-refractivity contribution in [3.8, 4) is 0 Å². The minimum absolute atomic E-state index is 0. The number of nitrogens with two attached hydrogens (primary N) is 1. The van der Waals surface area contributed by atoms with E-state index in [0.29, 0.717) is 11.2 Å². The van der Waals surface area contributed by atoms with Crippen LogP contribution in [0.15, 0.2) is 11.1 Å². The topological polar surface area (TPSA) is 100 Å². The molecule has 0 bridgehead atoms. The zero-order valence-electron chi connectivity index (χ0n) is 7.46. The molecule has 2 aromatic rings. The van der Waals surface area contributed by atoms with Crippen LogP contribution in [-0.4, -0.2) is 19.9 Å². The van der Waals surface area contributed by atoms with Gasteiger partial charge < -0.3 is 12.1 Å². The number of nitrogen functional groups attached to an aromatic ring is 1. The first kappa shape index (κ1) is 9.87. The molecule has 0 aliphatic rings. The molecule has 0 atom stereocenters. The quantitative estimate of drug-likeness (QED) is 0.374. The summed E-state index contributed by atoms with van der Waals surface area (Å²) < 4.78 is 0. The zero-order valence-corrected chi connectivity index (χ0v) is 9.58. The first-order valence-electron chi connectivity index (χ1n) is 2.96. The molecule has 0 saturated carbocycles. The summed E-state index contributed by atoms with van der Waals surface area (Å²) in [4.78, 5) is 23.5. The number of fused-ring (bicyclic) bond motifs is 1. The van der Waals surface area contributed by atoms with Crippen molar-refractivity contribution in [1.29, 1.82) is 0 Å². The summed E-state index contributed by atoms with van der Waals surface area (Å²) in [5, 5.41) is 0. The van der Waals surface area contributed by atoms with Crippen LogP contribution < -0.4 is 62.7 Å². The van der Waals surface area contributed by atoms with E-state index in [4.69, 9.17) is 5.73 Å². The van der Waals surface area contributed by atoms with Gasteiger partial charge in [-0.15, -0.1) is 0 Å². The Labute approximate surface area is 111 Å². The second-order valence-corrected chi connectivity index (χ2v) is 2.05. The monoisotopic (exact) mass is 191 g/mol. The van der Waals surface area contributed by atoms with Gasteiger partial charge in [0.25, 0.3) is 5.56 Å². The maximum Gasteiger partial charge on any atom is 1.00 e. The molecule has 4 N–H and O–H groups in total. The standard InChI is InChI=1S/C5H5N5O.K.H/c6-5-9-3-2(4(11)10-5)7-1-8-3;;/h1H,(H4,6,7,8,9,10,11);;/q;+1;-1. The van der Waals surface area contributed by atoms with Crippen molar-refractivity contribution < 1.29 is 52.8 Å². The number of aromatic amines is 2. The average Bonchev–Trinajstić information content (AvgIpc) is 2.34. The van der Waals surface area contributed by atoms with Gasteiger partial charge >= 0.3 is 51.4 Å². The van der Waals surface area contributed by atoms with Crippen molar-refractivity contribution in [2.75, 3.05) is 5.73 Å². The van der Waals surface area contributed by atoms with E-state index in [-0.39, 0.29) is 64.3 Å². The fourth-order valence-corrected chi connectivity index (χ4v) is 0.860. The van der Waals surface area contributed by atoms with Crippen molar-refractivity contribution in [3.05, 3.63) is 16.7 Å². The molecule has 0 aliphatic heterocycles. The van der Waals surface area contributed by atoms with Gasteiger partial charge in [-0.3, -0.25) is 9.78 Å². The molecule has 0 radical (unpaired) electrons. The molecule has 2 heterocycles. The van der Waals surface area contributed by atoms with E-state index in [1.165, 1.54) is 6.33 Å². The SMILES string of the molecule is Nc1nc2nc[nH]c2c(=O)[nH]1.[H-].[K+]. The van der Waals surface area contributed by atoms with E-state index in [9.17, 15) is 4.79 Å². The molecule has 0 fully saturated rings. The molecule has 2 aromatic heterocycles. The summed E-state index contributed by atoms with van der Waals surface area (Å²) in [6.07, 6.45) is 1.40. The summed E-state index contributed by atoms with van der Waals surface area (Å²) in [6.45, 7) is 0. The minimum atomic E-state index is -0.301. The smallest absolute Gasteiger partial charge is 1.00 e. The summed E-state index contributed by atoms with van der Waals surface area (Å²) in [7, 11) is 0. The predicted octanol–water partition coefficient (Wildman–Crippen LogP) is -3.66. The van der Waals surface area contributed by atoms with Crippen molar-refractivity contribution in [2.45, 2.75) is 0 Å². The maximum atomic E-state index is 11.0. The van der Waals surface area contributed by atoms with E-state index in [2.05, 4.69) is 19.9 Å². The molecule has 0 spiro atoms. The molecule has 0 amide bonds. The predicted molar refractivity (Wildman–Crippen MR) is 40.0 cm³/mol. The van der Waals surface area contributed by atoms with Gasteiger partial charge in [-0.25, -0.2) is 4.98 Å². The van der Waals surface area contributed by atoms with Crippen molar-refractivity contribution in [2.24, 2.45) is 0 Å². The summed E-state index contributed by atoms with van der Waals surface area (Å²) >= 11 is 0. The van der Waals surface area contributed by atoms with Crippen molar-refractivity contribution >= 4 is 17.1 Å². The van der Waals surface area contributed by atoms with Crippen LogP contribution in [0.2, 0.25) is 0 Å². The van der Waals surface area contributed by atoms with Gasteiger partial charge in [0.15, 0.2) is 11.2 Å². The summed E-state index contributed by atoms with van der Waals surface area (Å²) in [5.74, 6) is 0.0783. The second kappa shape index (κ2) is 3.67. The zero-order chi connectivity index (χ0) is 7.84. The Morgan fingerprint density at radius 2 is 2.33 bits per heavy atom. The van der Waals surface area contributed by atoms with Gasteiger partial charge in [0, 0.05) is 0 Å². The third-order valence-electron chi connectivity index (χ3n) is 1.31. The Morgan fingerprint density at radius 1 is 1.58 bits per heavy atom. The Balaban J connectivity index is 0.000000720. The number of nitrogens with one attached hydrogen (secondary N) is 2. The Morgan fingerprint density at radius 3 is 3.08 bits per heavy atom. The van der Waals surface area contributed by atoms with E-state index in [0.717, 1.165) is 0 Å². The first-order chi connectivity index (χ1) is 5.27. The van der Waals surface area contributed by atoms with E-state index in [1.54, 1.807) is 0 Å². The number of nitrogens with zero attached hydrogens (tertiary/aromatic N) is 2. The van der Waals surface area contributed by atoms with Crippen LogP contribution >= 0.6 is 0 Å². The van der Waals surface area contributed by atoms with Gasteiger partial charge in [0.1, 0.15) is 0 Å². The number of hydrogen-bond acceptors (Lipinski definition) is 4. The van der Waals surface area contributed by atoms with Gasteiger partial charge in [-0.2, -0.15) is 4.98 Å². The Bertz CT molecular complexity index is 451. The first-order valence-corrected chi connectivity index (χ1v) is 2.96. The molecule has 6 nitrogen and oxygen atoms in total. The molecule has 2 rings (SSSR count). The van der Waals surface area contributed by atoms with Crippen molar-refractivity contribution in [1.82, 2.24) is 19.9 Å². The molecule has 0 saturated heterocycles. The molecular formula is C5H6KN5O. The number of aromatic nitrogens is 4. The van der Waals surface area contributed by atoms with Gasteiger partial charge in [-0.05, 0) is 0 Å². The van der Waals surface area contributed by atoms with Crippen LogP contribution in [0.1, 0.15) is 1.43 Å². The van der Waals surface area contributed by atoms with Crippen LogP contribution in [0.4, 0.5) is 5.95 Å². The molecule has 58 valence electrons. The van der Waals surface area contributed by atoms with Crippen LogP contribution in [0.3, 0.4) is 0 Å². The van der Waals surface area contributed by atoms with E-state index >= 15 is 0 Å². The van der Waals surface area contributed by atoms with E-state index < -0.39 is 0 Å². The maximum absolute atomic E-state index is 11.0. The van der Waals surface area contributed by atoms with Gasteiger partial charge in [0.05, 0.1) is 6.33 Å². The fourth-order valence-electron chi connectivity index (χ4n) is 0.860. The average molecular weight is 191 g/mol. The summed E-state index contributed by atoms with van der Waals surface area (Å²) in [5.41, 5.74) is 5.65. The van der Waals surface area contributed by atoms with Crippen LogP contribution in [-0.2, 0) is 0 Å². The minimum Gasteiger partial charge on any atom is -1.00 e. The largest absolute Gasteiger partial charge is 1.00 e. The third kappa shape index (κ3) is 1.59. The molecule has 0 aromatic carbocycles. The number of H-pyrrole nitrogens is 2. The molecule has 0 aliphatic carbocycles. The Kier molecular flexibility index (Phi) is 3.02. The van der Waals surface area contributed by atoms with Gasteiger partial charge in [0.2, 0.25) is 5.95 Å². The Hall–Kier alpha value is -0.214. The number of anilines is 1. The normalized spacial score (nSPS) is 9.67. The third-order valence-corrected chi connectivity index (χ3v) is 1.31. The van der Waals surface area contributed by atoms with Gasteiger partial charge in [-0.1, -0.05) is 0 Å². The van der Waals surface area contributed by atoms with Crippen LogP contribution in [0.5, 0.6) is 0 Å². The summed E-state index contributed by atoms with van der Waals surface area (Å²) in [6, 6.07) is 0. The second-order valence-electron chi connectivity index (χ2n) is 2.05. The van der Waals surface area contributed by atoms with Crippen LogP contribution in [0.25, 0.3) is 11.2 Å². The fraction of sp³-hybridized carbons (Fsp3) is 0.